The number of carbonyl (C=O) groups is 1. The Morgan fingerprint density at radius 1 is 0.955 bits per heavy atom. The van der Waals surface area contributed by atoms with Crippen LogP contribution >= 0.6 is 0 Å². The SMILES string of the molecule is CC[N+]1(COC(=O)OC[N+]2(CC)C=CN(C)C2)C=CN(C)C1. The van der Waals surface area contributed by atoms with E-state index in [0.717, 1.165) is 26.4 Å². The first kappa shape index (κ1) is 16.6. The summed E-state index contributed by atoms with van der Waals surface area (Å²) in [6, 6.07) is 0. The predicted octanol–water partition coefficient (Wildman–Crippen LogP) is 1.48. The van der Waals surface area contributed by atoms with Crippen molar-refractivity contribution in [3.63, 3.8) is 0 Å². The van der Waals surface area contributed by atoms with E-state index in [1.54, 1.807) is 0 Å². The molecular weight excluding hydrogens is 284 g/mol. The van der Waals surface area contributed by atoms with E-state index in [1.807, 2.05) is 26.5 Å². The van der Waals surface area contributed by atoms with Crippen molar-refractivity contribution in [2.24, 2.45) is 0 Å². The van der Waals surface area contributed by atoms with Gasteiger partial charge >= 0.3 is 6.16 Å². The van der Waals surface area contributed by atoms with Crippen LogP contribution in [0.3, 0.4) is 0 Å². The molecule has 0 fully saturated rings. The molecule has 7 heteroatoms. The molecule has 0 aromatic rings. The van der Waals surface area contributed by atoms with E-state index >= 15 is 0 Å². The van der Waals surface area contributed by atoms with Crippen LogP contribution in [0.2, 0.25) is 0 Å². The minimum atomic E-state index is -0.595. The summed E-state index contributed by atoms with van der Waals surface area (Å²) < 4.78 is 11.9. The first-order valence-corrected chi connectivity index (χ1v) is 7.73. The predicted molar refractivity (Wildman–Crippen MR) is 82.4 cm³/mol. The Hall–Kier alpha value is -1.73. The van der Waals surface area contributed by atoms with E-state index in [1.165, 1.54) is 0 Å². The zero-order chi connectivity index (χ0) is 16.2. The Morgan fingerprint density at radius 2 is 1.36 bits per heavy atom. The molecule has 0 N–H and O–H groups in total. The van der Waals surface area contributed by atoms with Crippen LogP contribution in [-0.2, 0) is 9.47 Å². The highest BCUT2D eigenvalue weighted by Crippen LogP contribution is 2.18. The van der Waals surface area contributed by atoms with Gasteiger partial charge in [0.2, 0.25) is 13.5 Å². The van der Waals surface area contributed by atoms with Crippen LogP contribution < -0.4 is 0 Å². The molecule has 0 saturated heterocycles. The average molecular weight is 312 g/mol. The lowest BCUT2D eigenvalue weighted by Crippen LogP contribution is -2.48. The van der Waals surface area contributed by atoms with E-state index in [4.69, 9.17) is 9.47 Å². The minimum Gasteiger partial charge on any atom is -0.383 e. The normalized spacial score (nSPS) is 30.2. The number of nitrogens with zero attached hydrogens (tertiary/aromatic N) is 4. The van der Waals surface area contributed by atoms with Crippen LogP contribution in [0.5, 0.6) is 0 Å². The second-order valence-electron chi connectivity index (χ2n) is 6.26. The number of quaternary nitrogens is 2. The van der Waals surface area contributed by atoms with Gasteiger partial charge in [-0.3, -0.25) is 0 Å². The molecule has 2 unspecified atom stereocenters. The summed E-state index contributed by atoms with van der Waals surface area (Å²) in [6.45, 7) is 8.14. The van der Waals surface area contributed by atoms with Crippen LogP contribution in [0.1, 0.15) is 13.8 Å². The summed E-state index contributed by atoms with van der Waals surface area (Å²) in [7, 11) is 4.02. The summed E-state index contributed by atoms with van der Waals surface area (Å²) in [6.07, 6.45) is 7.56. The van der Waals surface area contributed by atoms with Gasteiger partial charge in [0.1, 0.15) is 12.4 Å². The van der Waals surface area contributed by atoms with Crippen molar-refractivity contribution >= 4 is 6.16 Å². The maximum Gasteiger partial charge on any atom is 0.516 e. The molecule has 0 aromatic carbocycles. The highest BCUT2D eigenvalue weighted by atomic mass is 16.7. The van der Waals surface area contributed by atoms with Crippen LogP contribution in [0.4, 0.5) is 4.79 Å². The summed E-state index contributed by atoms with van der Waals surface area (Å²) >= 11 is 0. The Balaban J connectivity index is 1.79. The topological polar surface area (TPSA) is 42.0 Å². The number of ether oxygens (including phenoxy) is 2. The third-order valence-corrected chi connectivity index (χ3v) is 4.42. The number of hydrogen-bond donors (Lipinski definition) is 0. The highest BCUT2D eigenvalue weighted by molar-refractivity contribution is 5.59. The molecule has 2 heterocycles. The fourth-order valence-electron chi connectivity index (χ4n) is 2.75. The van der Waals surface area contributed by atoms with E-state index in [-0.39, 0.29) is 0 Å². The molecule has 0 saturated carbocycles. The summed E-state index contributed by atoms with van der Waals surface area (Å²) in [5, 5.41) is 0. The number of rotatable bonds is 6. The van der Waals surface area contributed by atoms with Gasteiger partial charge in [-0.15, -0.1) is 0 Å². The van der Waals surface area contributed by atoms with Gasteiger partial charge in [0.15, 0.2) is 13.3 Å². The first-order valence-electron chi connectivity index (χ1n) is 7.73. The molecule has 0 aliphatic carbocycles. The van der Waals surface area contributed by atoms with Crippen molar-refractivity contribution in [3.05, 3.63) is 24.8 Å². The minimum absolute atomic E-state index is 0.304. The van der Waals surface area contributed by atoms with Crippen molar-refractivity contribution in [3.8, 4) is 0 Å². The molecule has 2 aliphatic heterocycles. The molecule has 0 bridgehead atoms. The molecule has 0 amide bonds. The lowest BCUT2D eigenvalue weighted by Gasteiger charge is -2.31. The van der Waals surface area contributed by atoms with E-state index < -0.39 is 6.16 Å². The second kappa shape index (κ2) is 6.58. The van der Waals surface area contributed by atoms with Crippen LogP contribution in [-0.4, -0.2) is 78.9 Å². The van der Waals surface area contributed by atoms with Crippen LogP contribution in [0, 0.1) is 0 Å². The fourth-order valence-corrected chi connectivity index (χ4v) is 2.75. The van der Waals surface area contributed by atoms with Gasteiger partial charge in [0.05, 0.1) is 25.5 Å². The van der Waals surface area contributed by atoms with Crippen molar-refractivity contribution in [1.29, 1.82) is 0 Å². The molecule has 2 rings (SSSR count). The maximum absolute atomic E-state index is 11.9. The van der Waals surface area contributed by atoms with Crippen molar-refractivity contribution in [1.82, 2.24) is 9.80 Å². The van der Waals surface area contributed by atoms with Gasteiger partial charge in [-0.05, 0) is 13.8 Å². The molecule has 0 aromatic heterocycles. The van der Waals surface area contributed by atoms with Gasteiger partial charge < -0.3 is 19.3 Å². The van der Waals surface area contributed by atoms with E-state index in [0.29, 0.717) is 22.4 Å². The third-order valence-electron chi connectivity index (χ3n) is 4.42. The number of carbonyl (C=O) groups excluding carboxylic acids is 1. The largest absolute Gasteiger partial charge is 0.516 e. The molecule has 124 valence electrons. The van der Waals surface area contributed by atoms with Gasteiger partial charge in [-0.25, -0.2) is 13.8 Å². The van der Waals surface area contributed by atoms with Gasteiger partial charge in [0, 0.05) is 14.1 Å². The Bertz CT molecular complexity index is 428. The summed E-state index contributed by atoms with van der Waals surface area (Å²) in [5.74, 6) is 0. The fraction of sp³-hybridized carbons (Fsp3) is 0.667. The quantitative estimate of drug-likeness (QED) is 0.549. The monoisotopic (exact) mass is 312 g/mol. The van der Waals surface area contributed by atoms with Gasteiger partial charge in [0.25, 0.3) is 0 Å². The second-order valence-corrected chi connectivity index (χ2v) is 6.26. The Kier molecular flexibility index (Phi) is 4.97. The van der Waals surface area contributed by atoms with Gasteiger partial charge in [-0.1, -0.05) is 0 Å². The molecule has 2 atom stereocenters. The van der Waals surface area contributed by atoms with E-state index in [2.05, 4.69) is 36.0 Å². The van der Waals surface area contributed by atoms with Crippen molar-refractivity contribution < 1.29 is 23.2 Å². The lowest BCUT2D eigenvalue weighted by atomic mass is 10.5. The zero-order valence-corrected chi connectivity index (χ0v) is 14.1. The van der Waals surface area contributed by atoms with Gasteiger partial charge in [-0.2, -0.15) is 0 Å². The molecule has 0 spiro atoms. The standard InChI is InChI=1S/C15H28N4O3/c1-5-18(9-7-16(3)11-18)13-21-15(20)22-14-19(6-2)10-8-17(4)12-19/h7-10H,5-6,11-14H2,1-4H3/q+2. The zero-order valence-electron chi connectivity index (χ0n) is 14.1. The summed E-state index contributed by atoms with van der Waals surface area (Å²) in [5.41, 5.74) is 0. The molecule has 7 nitrogen and oxygen atoms in total. The molecule has 0 radical (unpaired) electrons. The molecule has 22 heavy (non-hydrogen) atoms. The van der Waals surface area contributed by atoms with Crippen molar-refractivity contribution in [2.45, 2.75) is 13.8 Å². The molecule has 2 aliphatic rings. The summed E-state index contributed by atoms with van der Waals surface area (Å²) in [4.78, 5) is 16.1. The van der Waals surface area contributed by atoms with Crippen LogP contribution in [0.25, 0.3) is 0 Å². The molecular formula is C15H28N4O3+2. The first-order chi connectivity index (χ1) is 10.4. The Labute approximate surface area is 132 Å². The lowest BCUT2D eigenvalue weighted by molar-refractivity contribution is -0.900. The average Bonchev–Trinajstić information content (AvgIpc) is 3.08. The highest BCUT2D eigenvalue weighted by Gasteiger charge is 2.33. The van der Waals surface area contributed by atoms with E-state index in [9.17, 15) is 4.79 Å². The number of hydrogen-bond acceptors (Lipinski definition) is 5. The van der Waals surface area contributed by atoms with Crippen LogP contribution in [0.15, 0.2) is 24.8 Å². The smallest absolute Gasteiger partial charge is 0.383 e. The van der Waals surface area contributed by atoms with Crippen molar-refractivity contribution in [2.75, 3.05) is 54.0 Å². The third kappa shape index (κ3) is 3.72. The maximum atomic E-state index is 11.9. The Morgan fingerprint density at radius 3 is 1.64 bits per heavy atom.